The molecule has 0 bridgehead atoms. The van der Waals surface area contributed by atoms with E-state index in [1.807, 2.05) is 47.8 Å². The van der Waals surface area contributed by atoms with Crippen molar-refractivity contribution >= 4 is 29.1 Å². The molecule has 2 saturated heterocycles. The van der Waals surface area contributed by atoms with Gasteiger partial charge in [-0.25, -0.2) is 0 Å². The highest BCUT2D eigenvalue weighted by Gasteiger charge is 2.59. The number of amides is 3. The molecule has 0 radical (unpaired) electrons. The topological polar surface area (TPSA) is 79.0 Å². The highest BCUT2D eigenvalue weighted by atomic mass is 32.1. The summed E-state index contributed by atoms with van der Waals surface area (Å²) in [6.45, 7) is 0.358. The predicted molar refractivity (Wildman–Crippen MR) is 98.2 cm³/mol. The van der Waals surface area contributed by atoms with E-state index < -0.39 is 18.1 Å². The van der Waals surface area contributed by atoms with Crippen molar-refractivity contribution in [3.05, 3.63) is 58.3 Å². The summed E-state index contributed by atoms with van der Waals surface area (Å²) in [5.41, 5.74) is 0.992. The van der Waals surface area contributed by atoms with Crippen molar-refractivity contribution in [2.24, 2.45) is 5.92 Å². The predicted octanol–water partition coefficient (Wildman–Crippen LogP) is 1.34. The third kappa shape index (κ3) is 3.27. The first-order valence-corrected chi connectivity index (χ1v) is 9.53. The summed E-state index contributed by atoms with van der Waals surface area (Å²) < 4.78 is 0. The van der Waals surface area contributed by atoms with Crippen LogP contribution in [-0.2, 0) is 25.8 Å². The molecule has 1 aromatic carbocycles. The zero-order valence-corrected chi connectivity index (χ0v) is 15.5. The van der Waals surface area contributed by atoms with Gasteiger partial charge in [0.05, 0.1) is 12.0 Å². The number of nitrogens with one attached hydrogen (secondary N) is 1. The molecule has 0 saturated carbocycles. The number of nitrogens with zero attached hydrogens (tertiary/aromatic N) is 2. The summed E-state index contributed by atoms with van der Waals surface area (Å²) in [7, 11) is 1.47. The Hall–Kier alpha value is -2.55. The molecule has 1 N–H and O–H groups in total. The molecule has 8 heteroatoms. The van der Waals surface area contributed by atoms with Gasteiger partial charge in [-0.15, -0.1) is 11.3 Å². The van der Waals surface area contributed by atoms with Crippen LogP contribution >= 0.6 is 11.3 Å². The normalized spacial score (nSPS) is 25.1. The molecule has 0 spiro atoms. The Morgan fingerprint density at radius 2 is 1.93 bits per heavy atom. The van der Waals surface area contributed by atoms with Crippen molar-refractivity contribution in [3.63, 3.8) is 0 Å². The molecule has 4 rings (SSSR count). The van der Waals surface area contributed by atoms with E-state index >= 15 is 0 Å². The van der Waals surface area contributed by atoms with E-state index in [0.29, 0.717) is 6.54 Å². The van der Waals surface area contributed by atoms with Gasteiger partial charge in [-0.2, -0.15) is 5.06 Å². The SMILES string of the molecule is CN1C(=O)C2ON(CC(=O)NCc3ccccc3)C(c3cccs3)C2C1=O. The van der Waals surface area contributed by atoms with Crippen LogP contribution in [0.1, 0.15) is 16.5 Å². The van der Waals surface area contributed by atoms with Gasteiger partial charge in [0.2, 0.25) is 11.8 Å². The highest BCUT2D eigenvalue weighted by molar-refractivity contribution is 7.10. The van der Waals surface area contributed by atoms with Crippen LogP contribution in [0.25, 0.3) is 0 Å². The maximum atomic E-state index is 12.5. The Labute approximate surface area is 160 Å². The second-order valence-electron chi connectivity index (χ2n) is 6.59. The Morgan fingerprint density at radius 1 is 1.15 bits per heavy atom. The minimum absolute atomic E-state index is 0.0489. The minimum Gasteiger partial charge on any atom is -0.351 e. The quantitative estimate of drug-likeness (QED) is 0.786. The zero-order chi connectivity index (χ0) is 19.0. The fourth-order valence-corrected chi connectivity index (χ4v) is 4.39. The Balaban J connectivity index is 1.49. The molecule has 2 aliphatic rings. The number of rotatable bonds is 5. The van der Waals surface area contributed by atoms with Crippen molar-refractivity contribution in [2.75, 3.05) is 13.6 Å². The molecule has 2 fully saturated rings. The smallest absolute Gasteiger partial charge is 0.261 e. The lowest BCUT2D eigenvalue weighted by Crippen LogP contribution is -2.39. The van der Waals surface area contributed by atoms with Crippen molar-refractivity contribution in [1.29, 1.82) is 0 Å². The second-order valence-corrected chi connectivity index (χ2v) is 7.56. The Morgan fingerprint density at radius 3 is 2.63 bits per heavy atom. The van der Waals surface area contributed by atoms with E-state index in [1.165, 1.54) is 23.4 Å². The lowest BCUT2D eigenvalue weighted by Gasteiger charge is -2.24. The summed E-state index contributed by atoms with van der Waals surface area (Å²) in [5.74, 6) is -1.48. The molecular weight excluding hydrogens is 366 g/mol. The number of likely N-dealkylation sites (N-methyl/N-ethyl adjacent to an activating group) is 1. The number of hydrogen-bond donors (Lipinski definition) is 1. The number of imide groups is 1. The molecule has 27 heavy (non-hydrogen) atoms. The molecular formula is C19H19N3O4S. The third-order valence-corrected chi connectivity index (χ3v) is 5.82. The zero-order valence-electron chi connectivity index (χ0n) is 14.7. The van der Waals surface area contributed by atoms with Crippen molar-refractivity contribution in [3.8, 4) is 0 Å². The molecule has 1 aromatic heterocycles. The molecule has 3 heterocycles. The molecule has 7 nitrogen and oxygen atoms in total. The summed E-state index contributed by atoms with van der Waals surface area (Å²) in [5, 5.41) is 6.23. The van der Waals surface area contributed by atoms with Crippen LogP contribution < -0.4 is 5.32 Å². The Kier molecular flexibility index (Phi) is 4.77. The number of hydroxylamine groups is 2. The average molecular weight is 385 g/mol. The van der Waals surface area contributed by atoms with Gasteiger partial charge < -0.3 is 5.32 Å². The number of benzene rings is 1. The fraction of sp³-hybridized carbons (Fsp3) is 0.316. The lowest BCUT2D eigenvalue weighted by molar-refractivity contribution is -0.181. The summed E-state index contributed by atoms with van der Waals surface area (Å²) in [6.07, 6.45) is -0.864. The van der Waals surface area contributed by atoms with Gasteiger partial charge in [-0.05, 0) is 17.0 Å². The van der Waals surface area contributed by atoms with Gasteiger partial charge in [-0.1, -0.05) is 36.4 Å². The summed E-state index contributed by atoms with van der Waals surface area (Å²) >= 11 is 1.48. The average Bonchev–Trinajstić information content (AvgIpc) is 3.37. The van der Waals surface area contributed by atoms with Crippen molar-refractivity contribution in [2.45, 2.75) is 18.7 Å². The molecule has 3 amide bonds. The number of likely N-dealkylation sites (tertiary alicyclic amines) is 1. The second kappa shape index (κ2) is 7.22. The molecule has 3 unspecified atom stereocenters. The van der Waals surface area contributed by atoms with E-state index in [-0.39, 0.29) is 24.3 Å². The molecule has 140 valence electrons. The van der Waals surface area contributed by atoms with Crippen LogP contribution in [0.2, 0.25) is 0 Å². The van der Waals surface area contributed by atoms with Gasteiger partial charge in [0.1, 0.15) is 6.54 Å². The number of fused-ring (bicyclic) bond motifs is 1. The van der Waals surface area contributed by atoms with Gasteiger partial charge in [0.15, 0.2) is 6.10 Å². The van der Waals surface area contributed by atoms with Gasteiger partial charge in [0.25, 0.3) is 5.91 Å². The third-order valence-electron chi connectivity index (χ3n) is 4.88. The van der Waals surface area contributed by atoms with Gasteiger partial charge in [-0.3, -0.25) is 24.1 Å². The first kappa shape index (κ1) is 17.8. The first-order valence-electron chi connectivity index (χ1n) is 8.65. The molecule has 2 aliphatic heterocycles. The molecule has 2 aromatic rings. The van der Waals surface area contributed by atoms with Crippen LogP contribution in [0.5, 0.6) is 0 Å². The maximum Gasteiger partial charge on any atom is 0.261 e. The molecule has 0 aliphatic carbocycles. The monoisotopic (exact) mass is 385 g/mol. The van der Waals surface area contributed by atoms with Crippen molar-refractivity contribution in [1.82, 2.24) is 15.3 Å². The number of thiophene rings is 1. The molecule has 3 atom stereocenters. The number of carbonyl (C=O) groups excluding carboxylic acids is 3. The lowest BCUT2D eigenvalue weighted by atomic mass is 9.95. The maximum absolute atomic E-state index is 12.5. The van der Waals surface area contributed by atoms with E-state index in [0.717, 1.165) is 15.3 Å². The van der Waals surface area contributed by atoms with Crippen LogP contribution in [0.15, 0.2) is 47.8 Å². The summed E-state index contributed by atoms with van der Waals surface area (Å²) in [6, 6.07) is 12.9. The number of hydrogen-bond acceptors (Lipinski definition) is 6. The van der Waals surface area contributed by atoms with Gasteiger partial charge in [0, 0.05) is 18.5 Å². The van der Waals surface area contributed by atoms with Crippen LogP contribution in [0, 0.1) is 5.92 Å². The number of carbonyl (C=O) groups is 3. The van der Waals surface area contributed by atoms with Gasteiger partial charge >= 0.3 is 0 Å². The van der Waals surface area contributed by atoms with Crippen LogP contribution in [-0.4, -0.2) is 47.4 Å². The minimum atomic E-state index is -0.864. The van der Waals surface area contributed by atoms with E-state index in [1.54, 1.807) is 0 Å². The van der Waals surface area contributed by atoms with E-state index in [4.69, 9.17) is 4.84 Å². The highest BCUT2D eigenvalue weighted by Crippen LogP contribution is 2.45. The van der Waals surface area contributed by atoms with E-state index in [2.05, 4.69) is 5.32 Å². The Bertz CT molecular complexity index is 855. The van der Waals surface area contributed by atoms with Crippen LogP contribution in [0.3, 0.4) is 0 Å². The first-order chi connectivity index (χ1) is 13.1. The summed E-state index contributed by atoms with van der Waals surface area (Å²) in [4.78, 5) is 45.1. The standard InChI is InChI=1S/C19H19N3O4S/c1-21-18(24)15-16(13-8-5-9-27-13)22(26-17(15)19(21)25)11-14(23)20-10-12-6-3-2-4-7-12/h2-9,15-17H,10-11H2,1H3,(H,20,23). The fourth-order valence-electron chi connectivity index (χ4n) is 3.52. The van der Waals surface area contributed by atoms with Crippen molar-refractivity contribution < 1.29 is 19.2 Å². The van der Waals surface area contributed by atoms with Crippen LogP contribution in [0.4, 0.5) is 0 Å². The van der Waals surface area contributed by atoms with E-state index in [9.17, 15) is 14.4 Å². The largest absolute Gasteiger partial charge is 0.351 e.